The molecule has 0 spiro atoms. The smallest absolute Gasteiger partial charge is 0.307 e. The van der Waals surface area contributed by atoms with E-state index in [-0.39, 0.29) is 12.4 Å². The monoisotopic (exact) mass is 478 g/mol. The van der Waals surface area contributed by atoms with Crippen LogP contribution in [0.15, 0.2) is 30.3 Å². The Morgan fingerprint density at radius 1 is 1.12 bits per heavy atom. The van der Waals surface area contributed by atoms with Crippen molar-refractivity contribution in [2.45, 2.75) is 32.7 Å². The van der Waals surface area contributed by atoms with Crippen molar-refractivity contribution >= 4 is 41.3 Å². The fourth-order valence-electron chi connectivity index (χ4n) is 4.58. The second kappa shape index (κ2) is 10.6. The molecule has 0 radical (unpaired) electrons. The first-order valence-electron chi connectivity index (χ1n) is 10.6. The topological polar surface area (TPSA) is 81.1 Å². The van der Waals surface area contributed by atoms with Gasteiger partial charge in [0.05, 0.1) is 21.7 Å². The average molecular weight is 479 g/mol. The molecule has 2 heterocycles. The lowest BCUT2D eigenvalue weighted by Crippen LogP contribution is -2.45. The van der Waals surface area contributed by atoms with Gasteiger partial charge in [-0.15, -0.1) is 0 Å². The van der Waals surface area contributed by atoms with Crippen LogP contribution in [0.5, 0.6) is 0 Å². The van der Waals surface area contributed by atoms with Crippen LogP contribution in [-0.2, 0) is 16.1 Å². The molecule has 172 valence electrons. The summed E-state index contributed by atoms with van der Waals surface area (Å²) in [5.41, 5.74) is 6.18. The molecular formula is C24H28Cl2N2O4. The van der Waals surface area contributed by atoms with Gasteiger partial charge in [0.25, 0.3) is 6.47 Å². The number of hydrogen-bond acceptors (Lipinski definition) is 4. The molecule has 2 saturated heterocycles. The fraction of sp³-hybridized carbons (Fsp3) is 0.417. The van der Waals surface area contributed by atoms with E-state index >= 15 is 0 Å². The Kier molecular flexibility index (Phi) is 8.04. The number of hydrogen-bond donors (Lipinski definition) is 2. The Morgan fingerprint density at radius 2 is 1.69 bits per heavy atom. The van der Waals surface area contributed by atoms with E-state index in [9.17, 15) is 9.90 Å². The highest BCUT2D eigenvalue weighted by molar-refractivity contribution is 6.39. The Bertz CT molecular complexity index is 949. The van der Waals surface area contributed by atoms with Crippen molar-refractivity contribution in [3.05, 3.63) is 62.6 Å². The molecule has 2 aromatic rings. The summed E-state index contributed by atoms with van der Waals surface area (Å²) in [5, 5.41) is 17.5. The number of likely N-dealkylation sites (tertiary alicyclic amines) is 1. The lowest BCUT2D eigenvalue weighted by atomic mass is 9.87. The van der Waals surface area contributed by atoms with Crippen molar-refractivity contribution < 1.29 is 19.8 Å². The number of halogens is 2. The normalized spacial score (nSPS) is 18.6. The molecule has 2 N–H and O–H groups in total. The molecule has 0 aromatic heterocycles. The van der Waals surface area contributed by atoms with Crippen molar-refractivity contribution in [2.24, 2.45) is 5.92 Å². The van der Waals surface area contributed by atoms with Gasteiger partial charge in [-0.3, -0.25) is 14.5 Å². The van der Waals surface area contributed by atoms with Crippen LogP contribution in [0.1, 0.15) is 34.6 Å². The second-order valence-electron chi connectivity index (χ2n) is 8.47. The van der Waals surface area contributed by atoms with Crippen LogP contribution in [0.4, 0.5) is 5.69 Å². The number of aliphatic carboxylic acids is 1. The van der Waals surface area contributed by atoms with Gasteiger partial charge < -0.3 is 15.1 Å². The third kappa shape index (κ3) is 5.37. The number of anilines is 1. The third-order valence-electron chi connectivity index (χ3n) is 6.33. The summed E-state index contributed by atoms with van der Waals surface area (Å²) in [6, 6.07) is 10.2. The van der Waals surface area contributed by atoms with Gasteiger partial charge in [-0.05, 0) is 61.2 Å². The average Bonchev–Trinajstić information content (AvgIpc) is 3.16. The van der Waals surface area contributed by atoms with Gasteiger partial charge in [0.15, 0.2) is 0 Å². The standard InChI is InChI=1S/C23H26Cl2N2O2.CH2O2/c1-14-8-17(18-11-27(12-18)22-20(24)4-3-5-21(22)25)9-15(2)19(14)13-26-7-6-16(10-26)23(28)29;2-1-3/h3-5,8-9,16,18H,6-7,10-13H2,1-2H3,(H,28,29);1H,(H,2,3). The molecule has 0 amide bonds. The highest BCUT2D eigenvalue weighted by Gasteiger charge is 2.32. The molecule has 2 fully saturated rings. The number of nitrogens with zero attached hydrogens (tertiary/aromatic N) is 2. The first-order chi connectivity index (χ1) is 15.2. The quantitative estimate of drug-likeness (QED) is 0.599. The van der Waals surface area contributed by atoms with E-state index in [1.165, 1.54) is 22.3 Å². The maximum Gasteiger partial charge on any atom is 0.307 e. The van der Waals surface area contributed by atoms with E-state index in [1.54, 1.807) is 0 Å². The number of benzene rings is 2. The number of para-hydroxylation sites is 1. The maximum absolute atomic E-state index is 11.2. The number of carboxylic acid groups (broad SMARTS) is 2. The fourth-order valence-corrected chi connectivity index (χ4v) is 5.21. The lowest BCUT2D eigenvalue weighted by Gasteiger charge is -2.42. The van der Waals surface area contributed by atoms with Gasteiger partial charge in [0, 0.05) is 32.1 Å². The largest absolute Gasteiger partial charge is 0.483 e. The van der Waals surface area contributed by atoms with Gasteiger partial charge in [-0.2, -0.15) is 0 Å². The molecule has 2 aliphatic heterocycles. The van der Waals surface area contributed by atoms with Gasteiger partial charge in [0.1, 0.15) is 0 Å². The van der Waals surface area contributed by atoms with Crippen molar-refractivity contribution in [3.8, 4) is 0 Å². The van der Waals surface area contributed by atoms with Crippen LogP contribution in [-0.4, -0.2) is 53.7 Å². The van der Waals surface area contributed by atoms with Crippen molar-refractivity contribution in [3.63, 3.8) is 0 Å². The molecule has 0 saturated carbocycles. The Labute approximate surface area is 198 Å². The maximum atomic E-state index is 11.2. The highest BCUT2D eigenvalue weighted by atomic mass is 35.5. The van der Waals surface area contributed by atoms with Crippen LogP contribution < -0.4 is 4.90 Å². The summed E-state index contributed by atoms with van der Waals surface area (Å²) >= 11 is 12.7. The van der Waals surface area contributed by atoms with E-state index in [2.05, 4.69) is 35.8 Å². The van der Waals surface area contributed by atoms with Gasteiger partial charge in [-0.1, -0.05) is 41.4 Å². The summed E-state index contributed by atoms with van der Waals surface area (Å²) in [7, 11) is 0. The number of rotatable bonds is 5. The molecule has 1 unspecified atom stereocenters. The minimum atomic E-state index is -0.676. The molecule has 2 aliphatic rings. The van der Waals surface area contributed by atoms with E-state index in [1.807, 2.05) is 18.2 Å². The van der Waals surface area contributed by atoms with Crippen molar-refractivity contribution in [1.82, 2.24) is 4.90 Å². The van der Waals surface area contributed by atoms with E-state index in [0.29, 0.717) is 22.5 Å². The number of aryl methyl sites for hydroxylation is 2. The Balaban J connectivity index is 0.000000913. The first-order valence-corrected chi connectivity index (χ1v) is 11.3. The molecule has 6 nitrogen and oxygen atoms in total. The van der Waals surface area contributed by atoms with Crippen LogP contribution in [0.3, 0.4) is 0 Å². The zero-order chi connectivity index (χ0) is 23.4. The van der Waals surface area contributed by atoms with Crippen LogP contribution in [0.2, 0.25) is 10.0 Å². The van der Waals surface area contributed by atoms with E-state index in [4.69, 9.17) is 33.1 Å². The lowest BCUT2D eigenvalue weighted by molar-refractivity contribution is -0.141. The third-order valence-corrected chi connectivity index (χ3v) is 6.94. The van der Waals surface area contributed by atoms with Crippen LogP contribution in [0, 0.1) is 19.8 Å². The van der Waals surface area contributed by atoms with Crippen molar-refractivity contribution in [1.29, 1.82) is 0 Å². The molecule has 2 aromatic carbocycles. The highest BCUT2D eigenvalue weighted by Crippen LogP contribution is 2.40. The van der Waals surface area contributed by atoms with Gasteiger partial charge in [0.2, 0.25) is 0 Å². The summed E-state index contributed by atoms with van der Waals surface area (Å²) in [6.45, 7) is 8.23. The number of carboxylic acids is 1. The number of carbonyl (C=O) groups is 2. The SMILES string of the molecule is Cc1cc(C2CN(c3c(Cl)cccc3Cl)C2)cc(C)c1CN1CCC(C(=O)O)C1.O=CO. The van der Waals surface area contributed by atoms with Gasteiger partial charge in [-0.25, -0.2) is 0 Å². The molecule has 1 atom stereocenters. The zero-order valence-electron chi connectivity index (χ0n) is 18.2. The van der Waals surface area contributed by atoms with E-state index < -0.39 is 5.97 Å². The first kappa shape index (κ1) is 24.4. The van der Waals surface area contributed by atoms with E-state index in [0.717, 1.165) is 38.3 Å². The molecule has 0 bridgehead atoms. The minimum absolute atomic E-state index is 0.229. The summed E-state index contributed by atoms with van der Waals surface area (Å²) < 4.78 is 0. The second-order valence-corrected chi connectivity index (χ2v) is 9.28. The molecule has 0 aliphatic carbocycles. The molecule has 8 heteroatoms. The predicted octanol–water partition coefficient (Wildman–Crippen LogP) is 4.82. The summed E-state index contributed by atoms with van der Waals surface area (Å²) in [5.74, 6) is -0.436. The zero-order valence-corrected chi connectivity index (χ0v) is 19.7. The Hall–Kier alpha value is -2.28. The predicted molar refractivity (Wildman–Crippen MR) is 127 cm³/mol. The summed E-state index contributed by atoms with van der Waals surface area (Å²) in [6.07, 6.45) is 0.744. The molecule has 32 heavy (non-hydrogen) atoms. The van der Waals surface area contributed by atoms with Crippen LogP contribution in [0.25, 0.3) is 0 Å². The molecule has 4 rings (SSSR count). The minimum Gasteiger partial charge on any atom is -0.483 e. The Morgan fingerprint density at radius 3 is 2.19 bits per heavy atom. The summed E-state index contributed by atoms with van der Waals surface area (Å²) in [4.78, 5) is 24.1. The molecular weight excluding hydrogens is 451 g/mol. The van der Waals surface area contributed by atoms with Crippen molar-refractivity contribution in [2.75, 3.05) is 31.1 Å². The van der Waals surface area contributed by atoms with Gasteiger partial charge >= 0.3 is 5.97 Å². The van der Waals surface area contributed by atoms with Crippen LogP contribution >= 0.6 is 23.2 Å².